The first-order chi connectivity index (χ1) is 10.1. The molecule has 0 saturated heterocycles. The number of likely N-dealkylation sites (N-methyl/N-ethyl adjacent to an activating group) is 1. The fourth-order valence-corrected chi connectivity index (χ4v) is 2.69. The lowest BCUT2D eigenvalue weighted by atomic mass is 10.1. The van der Waals surface area contributed by atoms with Crippen LogP contribution in [0.3, 0.4) is 0 Å². The zero-order valence-electron chi connectivity index (χ0n) is 12.4. The Morgan fingerprint density at radius 1 is 1.29 bits per heavy atom. The van der Waals surface area contributed by atoms with Crippen molar-refractivity contribution >= 4 is 23.3 Å². The summed E-state index contributed by atoms with van der Waals surface area (Å²) in [5.74, 6) is 0.772. The Balaban J connectivity index is 2.11. The summed E-state index contributed by atoms with van der Waals surface area (Å²) in [6.07, 6.45) is 3.45. The summed E-state index contributed by atoms with van der Waals surface area (Å²) in [5, 5.41) is 1.99. The number of rotatable bonds is 5. The summed E-state index contributed by atoms with van der Waals surface area (Å²) in [4.78, 5) is 15.0. The molecule has 21 heavy (non-hydrogen) atoms. The minimum Gasteiger partial charge on any atom is -0.496 e. The van der Waals surface area contributed by atoms with E-state index in [4.69, 9.17) is 4.74 Å². The largest absolute Gasteiger partial charge is 0.496 e. The van der Waals surface area contributed by atoms with Gasteiger partial charge in [0, 0.05) is 23.6 Å². The monoisotopic (exact) mass is 301 g/mol. The minimum atomic E-state index is -0.0540. The Labute approximate surface area is 129 Å². The summed E-state index contributed by atoms with van der Waals surface area (Å²) in [5.41, 5.74) is 1.00. The minimum absolute atomic E-state index is 0.0261. The Bertz CT molecular complexity index is 619. The number of thiophene rings is 1. The lowest BCUT2D eigenvalue weighted by Crippen LogP contribution is -2.28. The first-order valence-electron chi connectivity index (χ1n) is 6.74. The topological polar surface area (TPSA) is 29.5 Å². The average Bonchev–Trinajstić information content (AvgIpc) is 3.04. The van der Waals surface area contributed by atoms with Gasteiger partial charge in [-0.15, -0.1) is 11.3 Å². The molecule has 1 atom stereocenters. The highest BCUT2D eigenvalue weighted by atomic mass is 32.1. The number of ether oxygens (including phenoxy) is 1. The third-order valence-corrected chi connectivity index (χ3v) is 4.29. The zero-order valence-corrected chi connectivity index (χ0v) is 13.3. The Morgan fingerprint density at radius 3 is 2.71 bits per heavy atom. The number of nitrogens with zero attached hydrogens (tertiary/aromatic N) is 1. The van der Waals surface area contributed by atoms with Crippen molar-refractivity contribution in [2.24, 2.45) is 0 Å². The van der Waals surface area contributed by atoms with Gasteiger partial charge in [-0.05, 0) is 30.5 Å². The normalized spacial score (nSPS) is 12.3. The zero-order chi connectivity index (χ0) is 15.2. The molecule has 2 aromatic rings. The highest BCUT2D eigenvalue weighted by Gasteiger charge is 2.18. The highest BCUT2D eigenvalue weighted by Crippen LogP contribution is 2.28. The summed E-state index contributed by atoms with van der Waals surface area (Å²) >= 11 is 1.61. The van der Waals surface area contributed by atoms with E-state index in [1.54, 1.807) is 36.5 Å². The van der Waals surface area contributed by atoms with Crippen molar-refractivity contribution in [2.75, 3.05) is 14.2 Å². The molecule has 0 N–H and O–H groups in total. The van der Waals surface area contributed by atoms with E-state index >= 15 is 0 Å². The van der Waals surface area contributed by atoms with Crippen molar-refractivity contribution in [3.8, 4) is 5.75 Å². The van der Waals surface area contributed by atoms with Gasteiger partial charge in [-0.2, -0.15) is 0 Å². The van der Waals surface area contributed by atoms with E-state index in [1.165, 1.54) is 0 Å². The van der Waals surface area contributed by atoms with Crippen LogP contribution in [0.5, 0.6) is 5.75 Å². The summed E-state index contributed by atoms with van der Waals surface area (Å²) in [6, 6.07) is 11.7. The number of hydrogen-bond acceptors (Lipinski definition) is 3. The molecule has 0 aliphatic carbocycles. The Morgan fingerprint density at radius 2 is 2.05 bits per heavy atom. The van der Waals surface area contributed by atoms with Gasteiger partial charge in [0.25, 0.3) is 0 Å². The van der Waals surface area contributed by atoms with E-state index in [-0.39, 0.29) is 11.9 Å². The lowest BCUT2D eigenvalue weighted by Gasteiger charge is -2.25. The number of carbonyl (C=O) groups excluding carboxylic acids is 1. The second-order valence-electron chi connectivity index (χ2n) is 4.72. The summed E-state index contributed by atoms with van der Waals surface area (Å²) < 4.78 is 5.36. The molecule has 1 amide bonds. The fraction of sp³-hybridized carbons (Fsp3) is 0.235. The summed E-state index contributed by atoms with van der Waals surface area (Å²) in [7, 11) is 3.45. The third kappa shape index (κ3) is 3.73. The molecular weight excluding hydrogens is 282 g/mol. The standard InChI is InChI=1S/C17H19NO2S/c1-13(15-8-4-5-9-16(15)20-3)18(2)17(19)11-10-14-7-6-12-21-14/h4-13H,1-3H3/b11-10+/t13-/m1/s1. The van der Waals surface area contributed by atoms with Crippen molar-refractivity contribution in [1.82, 2.24) is 4.90 Å². The smallest absolute Gasteiger partial charge is 0.246 e. The SMILES string of the molecule is COc1ccccc1[C@@H](C)N(C)C(=O)/C=C/c1cccs1. The van der Waals surface area contributed by atoms with Gasteiger partial charge >= 0.3 is 0 Å². The Kier molecular flexibility index (Phi) is 5.17. The fourth-order valence-electron chi connectivity index (χ4n) is 2.07. The molecule has 4 heteroatoms. The van der Waals surface area contributed by atoms with E-state index in [0.717, 1.165) is 16.2 Å². The molecular formula is C17H19NO2S. The molecule has 0 aliphatic rings. The van der Waals surface area contributed by atoms with E-state index in [0.29, 0.717) is 0 Å². The van der Waals surface area contributed by atoms with Crippen molar-refractivity contribution in [3.05, 3.63) is 58.3 Å². The maximum Gasteiger partial charge on any atom is 0.246 e. The van der Waals surface area contributed by atoms with Crippen LogP contribution in [0.2, 0.25) is 0 Å². The highest BCUT2D eigenvalue weighted by molar-refractivity contribution is 7.10. The van der Waals surface area contributed by atoms with Gasteiger partial charge in [-0.25, -0.2) is 0 Å². The predicted octanol–water partition coefficient (Wildman–Crippen LogP) is 3.99. The molecule has 0 radical (unpaired) electrons. The summed E-state index contributed by atoms with van der Waals surface area (Å²) in [6.45, 7) is 1.99. The number of para-hydroxylation sites is 1. The third-order valence-electron chi connectivity index (χ3n) is 3.45. The van der Waals surface area contributed by atoms with Gasteiger partial charge in [0.05, 0.1) is 13.2 Å². The number of amides is 1. The molecule has 1 aromatic heterocycles. The van der Waals surface area contributed by atoms with Crippen LogP contribution in [0.1, 0.15) is 23.4 Å². The van der Waals surface area contributed by atoms with Crippen LogP contribution in [0, 0.1) is 0 Å². The maximum absolute atomic E-state index is 12.3. The van der Waals surface area contributed by atoms with Crippen LogP contribution >= 0.6 is 11.3 Å². The van der Waals surface area contributed by atoms with Crippen LogP contribution in [0.15, 0.2) is 47.9 Å². The second kappa shape index (κ2) is 7.09. The van der Waals surface area contributed by atoms with Crippen molar-refractivity contribution < 1.29 is 9.53 Å². The van der Waals surface area contributed by atoms with Gasteiger partial charge < -0.3 is 9.64 Å². The number of methoxy groups -OCH3 is 1. The average molecular weight is 301 g/mol. The van der Waals surface area contributed by atoms with Gasteiger partial charge in [0.15, 0.2) is 0 Å². The molecule has 0 saturated carbocycles. The van der Waals surface area contributed by atoms with E-state index in [2.05, 4.69) is 0 Å². The van der Waals surface area contributed by atoms with Crippen LogP contribution in [-0.4, -0.2) is 25.0 Å². The first-order valence-corrected chi connectivity index (χ1v) is 7.62. The van der Waals surface area contributed by atoms with Gasteiger partial charge in [0.1, 0.15) is 5.75 Å². The van der Waals surface area contributed by atoms with Crippen LogP contribution in [0.4, 0.5) is 0 Å². The van der Waals surface area contributed by atoms with Crippen LogP contribution in [0.25, 0.3) is 6.08 Å². The van der Waals surface area contributed by atoms with Crippen LogP contribution < -0.4 is 4.74 Å². The van der Waals surface area contributed by atoms with E-state index < -0.39 is 0 Å². The second-order valence-corrected chi connectivity index (χ2v) is 5.70. The Hall–Kier alpha value is -2.07. The molecule has 0 aliphatic heterocycles. The van der Waals surface area contributed by atoms with E-state index in [1.807, 2.05) is 54.8 Å². The van der Waals surface area contributed by atoms with Crippen LogP contribution in [-0.2, 0) is 4.79 Å². The quantitative estimate of drug-likeness (QED) is 0.782. The van der Waals surface area contributed by atoms with Crippen molar-refractivity contribution in [1.29, 1.82) is 0 Å². The molecule has 2 rings (SSSR count). The number of benzene rings is 1. The number of carbonyl (C=O) groups is 1. The van der Waals surface area contributed by atoms with E-state index in [9.17, 15) is 4.79 Å². The first kappa shape index (κ1) is 15.3. The van der Waals surface area contributed by atoms with Gasteiger partial charge in [-0.1, -0.05) is 24.3 Å². The maximum atomic E-state index is 12.3. The molecule has 3 nitrogen and oxygen atoms in total. The van der Waals surface area contributed by atoms with Crippen molar-refractivity contribution in [2.45, 2.75) is 13.0 Å². The molecule has 110 valence electrons. The molecule has 1 aromatic carbocycles. The molecule has 0 bridgehead atoms. The number of hydrogen-bond donors (Lipinski definition) is 0. The molecule has 0 unspecified atom stereocenters. The van der Waals surface area contributed by atoms with Crippen molar-refractivity contribution in [3.63, 3.8) is 0 Å². The molecule has 0 spiro atoms. The predicted molar refractivity (Wildman–Crippen MR) is 87.5 cm³/mol. The molecule has 1 heterocycles. The molecule has 0 fully saturated rings. The van der Waals surface area contributed by atoms with Gasteiger partial charge in [-0.3, -0.25) is 4.79 Å². The lowest BCUT2D eigenvalue weighted by molar-refractivity contribution is -0.126. The van der Waals surface area contributed by atoms with Gasteiger partial charge in [0.2, 0.25) is 5.91 Å².